The Bertz CT molecular complexity index is 594. The normalized spacial score (nSPS) is 10.2. The molecule has 1 aromatic carbocycles. The van der Waals surface area contributed by atoms with E-state index in [-0.39, 0.29) is 5.91 Å². The van der Waals surface area contributed by atoms with Crippen molar-refractivity contribution in [1.29, 1.82) is 0 Å². The number of benzene rings is 1. The summed E-state index contributed by atoms with van der Waals surface area (Å²) in [6.07, 6.45) is 1.50. The van der Waals surface area contributed by atoms with Gasteiger partial charge in [0.2, 0.25) is 5.88 Å². The molecule has 1 aromatic heterocycles. The van der Waals surface area contributed by atoms with Crippen LogP contribution in [0, 0.1) is 0 Å². The Morgan fingerprint density at radius 1 is 1.25 bits per heavy atom. The summed E-state index contributed by atoms with van der Waals surface area (Å²) in [7, 11) is 3.40. The van der Waals surface area contributed by atoms with Crippen molar-refractivity contribution in [1.82, 2.24) is 9.88 Å². The Kier molecular flexibility index (Phi) is 4.32. The van der Waals surface area contributed by atoms with Gasteiger partial charge in [0.15, 0.2) is 0 Å². The number of carbonyl (C=O) groups is 1. The summed E-state index contributed by atoms with van der Waals surface area (Å²) < 4.78 is 5.68. The lowest BCUT2D eigenvalue weighted by atomic mass is 10.2. The van der Waals surface area contributed by atoms with Gasteiger partial charge in [0.25, 0.3) is 5.91 Å². The molecule has 0 atom stereocenters. The van der Waals surface area contributed by atoms with Gasteiger partial charge in [-0.3, -0.25) is 4.79 Å². The number of ether oxygens (including phenoxy) is 1. The molecule has 0 bridgehead atoms. The minimum Gasteiger partial charge on any atom is -0.439 e. The molecule has 2 N–H and O–H groups in total. The van der Waals surface area contributed by atoms with Gasteiger partial charge in [-0.15, -0.1) is 0 Å². The van der Waals surface area contributed by atoms with E-state index < -0.39 is 0 Å². The summed E-state index contributed by atoms with van der Waals surface area (Å²) in [5.74, 6) is 1.02. The van der Waals surface area contributed by atoms with Crippen molar-refractivity contribution in [2.75, 3.05) is 14.1 Å². The third-order valence-electron chi connectivity index (χ3n) is 2.80. The topological polar surface area (TPSA) is 68.5 Å². The predicted octanol–water partition coefficient (Wildman–Crippen LogP) is 2.03. The van der Waals surface area contributed by atoms with Crippen LogP contribution in [-0.2, 0) is 6.54 Å². The summed E-state index contributed by atoms with van der Waals surface area (Å²) in [4.78, 5) is 17.4. The standard InChI is InChI=1S/C15H17N3O2/c1-18(2)15(19)12-7-8-14(17-10-12)20-13-6-4-3-5-11(13)9-16/h3-8,10H,9,16H2,1-2H3. The molecule has 5 heteroatoms. The average molecular weight is 271 g/mol. The van der Waals surface area contributed by atoms with Gasteiger partial charge in [-0.1, -0.05) is 18.2 Å². The number of carbonyl (C=O) groups excluding carboxylic acids is 1. The van der Waals surface area contributed by atoms with Gasteiger partial charge in [-0.2, -0.15) is 0 Å². The Morgan fingerprint density at radius 2 is 2.00 bits per heavy atom. The minimum absolute atomic E-state index is 0.0913. The molecule has 0 aliphatic heterocycles. The Labute approximate surface area is 118 Å². The van der Waals surface area contributed by atoms with E-state index >= 15 is 0 Å². The molecule has 104 valence electrons. The molecule has 0 aliphatic carbocycles. The molecular weight excluding hydrogens is 254 g/mol. The van der Waals surface area contributed by atoms with E-state index in [4.69, 9.17) is 10.5 Å². The van der Waals surface area contributed by atoms with Gasteiger partial charge < -0.3 is 15.4 Å². The number of pyridine rings is 1. The zero-order valence-electron chi connectivity index (χ0n) is 11.5. The molecule has 0 unspecified atom stereocenters. The third-order valence-corrected chi connectivity index (χ3v) is 2.80. The van der Waals surface area contributed by atoms with Crippen LogP contribution in [-0.4, -0.2) is 29.9 Å². The number of hydrogen-bond acceptors (Lipinski definition) is 4. The molecule has 1 amide bonds. The summed E-state index contributed by atoms with van der Waals surface area (Å²) in [6, 6.07) is 10.9. The molecular formula is C15H17N3O2. The number of nitrogens with two attached hydrogens (primary N) is 1. The summed E-state index contributed by atoms with van der Waals surface area (Å²) in [5.41, 5.74) is 7.08. The quantitative estimate of drug-likeness (QED) is 0.924. The Morgan fingerprint density at radius 3 is 2.60 bits per heavy atom. The maximum atomic E-state index is 11.7. The number of aromatic nitrogens is 1. The van der Waals surface area contributed by atoms with Crippen molar-refractivity contribution in [3.05, 3.63) is 53.7 Å². The van der Waals surface area contributed by atoms with Crippen LogP contribution >= 0.6 is 0 Å². The summed E-state index contributed by atoms with van der Waals surface area (Å²) in [6.45, 7) is 0.396. The molecule has 0 fully saturated rings. The lowest BCUT2D eigenvalue weighted by Gasteiger charge is -2.11. The van der Waals surface area contributed by atoms with E-state index in [1.165, 1.54) is 11.1 Å². The van der Waals surface area contributed by atoms with Gasteiger partial charge in [-0.25, -0.2) is 4.98 Å². The molecule has 20 heavy (non-hydrogen) atoms. The smallest absolute Gasteiger partial charge is 0.254 e. The van der Waals surface area contributed by atoms with Crippen LogP contribution in [0.3, 0.4) is 0 Å². The van der Waals surface area contributed by atoms with Gasteiger partial charge in [0, 0.05) is 38.5 Å². The molecule has 0 aliphatic rings. The van der Waals surface area contributed by atoms with Crippen molar-refractivity contribution < 1.29 is 9.53 Å². The predicted molar refractivity (Wildman–Crippen MR) is 76.7 cm³/mol. The fraction of sp³-hybridized carbons (Fsp3) is 0.200. The first-order valence-electron chi connectivity index (χ1n) is 6.25. The molecule has 2 aromatic rings. The zero-order valence-corrected chi connectivity index (χ0v) is 11.5. The third kappa shape index (κ3) is 3.13. The van der Waals surface area contributed by atoms with E-state index in [2.05, 4.69) is 4.98 Å². The lowest BCUT2D eigenvalue weighted by Crippen LogP contribution is -2.21. The highest BCUT2D eigenvalue weighted by atomic mass is 16.5. The van der Waals surface area contributed by atoms with E-state index in [0.29, 0.717) is 23.7 Å². The molecule has 0 saturated carbocycles. The highest BCUT2D eigenvalue weighted by Gasteiger charge is 2.09. The van der Waals surface area contributed by atoms with Crippen LogP contribution in [0.25, 0.3) is 0 Å². The maximum absolute atomic E-state index is 11.7. The average Bonchev–Trinajstić information content (AvgIpc) is 2.48. The van der Waals surface area contributed by atoms with Crippen molar-refractivity contribution in [2.45, 2.75) is 6.54 Å². The number of amides is 1. The van der Waals surface area contributed by atoms with Gasteiger partial charge in [0.05, 0.1) is 5.56 Å². The fourth-order valence-electron chi connectivity index (χ4n) is 1.71. The van der Waals surface area contributed by atoms with Crippen LogP contribution in [0.4, 0.5) is 0 Å². The zero-order chi connectivity index (χ0) is 14.5. The Balaban J connectivity index is 2.17. The van der Waals surface area contributed by atoms with Crippen molar-refractivity contribution in [3.8, 4) is 11.6 Å². The lowest BCUT2D eigenvalue weighted by molar-refractivity contribution is 0.0827. The van der Waals surface area contributed by atoms with E-state index in [0.717, 1.165) is 5.56 Å². The first-order valence-corrected chi connectivity index (χ1v) is 6.25. The number of para-hydroxylation sites is 1. The second kappa shape index (κ2) is 6.16. The number of rotatable bonds is 4. The number of nitrogens with zero attached hydrogens (tertiary/aromatic N) is 2. The monoisotopic (exact) mass is 271 g/mol. The van der Waals surface area contributed by atoms with Gasteiger partial charge in [-0.05, 0) is 12.1 Å². The van der Waals surface area contributed by atoms with Crippen molar-refractivity contribution >= 4 is 5.91 Å². The second-order valence-electron chi connectivity index (χ2n) is 4.50. The molecule has 0 radical (unpaired) electrons. The SMILES string of the molecule is CN(C)C(=O)c1ccc(Oc2ccccc2CN)nc1. The van der Waals surface area contributed by atoms with Crippen molar-refractivity contribution in [3.63, 3.8) is 0 Å². The van der Waals surface area contributed by atoms with E-state index in [1.54, 1.807) is 26.2 Å². The van der Waals surface area contributed by atoms with Crippen molar-refractivity contribution in [2.24, 2.45) is 5.73 Å². The summed E-state index contributed by atoms with van der Waals surface area (Å²) in [5, 5.41) is 0. The van der Waals surface area contributed by atoms with E-state index in [1.807, 2.05) is 24.3 Å². The minimum atomic E-state index is -0.0913. The van der Waals surface area contributed by atoms with Crippen LogP contribution < -0.4 is 10.5 Å². The largest absolute Gasteiger partial charge is 0.439 e. The van der Waals surface area contributed by atoms with Crippen LogP contribution in [0.2, 0.25) is 0 Å². The molecule has 5 nitrogen and oxygen atoms in total. The second-order valence-corrected chi connectivity index (χ2v) is 4.50. The molecule has 2 rings (SSSR count). The van der Waals surface area contributed by atoms with E-state index in [9.17, 15) is 4.79 Å². The molecule has 1 heterocycles. The Hall–Kier alpha value is -2.40. The van der Waals surface area contributed by atoms with Crippen LogP contribution in [0.1, 0.15) is 15.9 Å². The summed E-state index contributed by atoms with van der Waals surface area (Å²) >= 11 is 0. The fourth-order valence-corrected chi connectivity index (χ4v) is 1.71. The first-order chi connectivity index (χ1) is 9.61. The van der Waals surface area contributed by atoms with Gasteiger partial charge >= 0.3 is 0 Å². The van der Waals surface area contributed by atoms with Crippen LogP contribution in [0.5, 0.6) is 11.6 Å². The maximum Gasteiger partial charge on any atom is 0.254 e. The highest BCUT2D eigenvalue weighted by molar-refractivity contribution is 5.93. The van der Waals surface area contributed by atoms with Gasteiger partial charge in [0.1, 0.15) is 5.75 Å². The highest BCUT2D eigenvalue weighted by Crippen LogP contribution is 2.23. The first kappa shape index (κ1) is 14.0. The molecule has 0 spiro atoms. The van der Waals surface area contributed by atoms with Crippen LogP contribution in [0.15, 0.2) is 42.6 Å². The molecule has 0 saturated heterocycles. The number of hydrogen-bond donors (Lipinski definition) is 1.